The van der Waals surface area contributed by atoms with Gasteiger partial charge in [0.25, 0.3) is 0 Å². The van der Waals surface area contributed by atoms with Crippen molar-refractivity contribution in [2.45, 2.75) is 43.5 Å². The van der Waals surface area contributed by atoms with Crippen molar-refractivity contribution in [1.29, 1.82) is 0 Å². The molecule has 128 valence electrons. The number of sulfonamides is 1. The van der Waals surface area contributed by atoms with Crippen molar-refractivity contribution in [2.24, 2.45) is 0 Å². The maximum Gasteiger partial charge on any atom is 0.244 e. The lowest BCUT2D eigenvalue weighted by Gasteiger charge is -2.21. The molecule has 1 aliphatic rings. The average Bonchev–Trinajstić information content (AvgIpc) is 2.61. The van der Waals surface area contributed by atoms with Crippen molar-refractivity contribution in [3.8, 4) is 5.75 Å². The Labute approximate surface area is 143 Å². The molecule has 5 heteroatoms. The summed E-state index contributed by atoms with van der Waals surface area (Å²) in [6.07, 6.45) is 4.16. The van der Waals surface area contributed by atoms with Gasteiger partial charge in [0, 0.05) is 6.04 Å². The van der Waals surface area contributed by atoms with E-state index in [1.807, 2.05) is 43.3 Å². The zero-order valence-electron chi connectivity index (χ0n) is 14.1. The minimum Gasteiger partial charge on any atom is -0.495 e. The number of hydrogen-bond acceptors (Lipinski definition) is 3. The number of rotatable bonds is 5. The van der Waals surface area contributed by atoms with Crippen LogP contribution < -0.4 is 9.46 Å². The van der Waals surface area contributed by atoms with E-state index in [1.54, 1.807) is 6.07 Å². The van der Waals surface area contributed by atoms with Crippen LogP contribution >= 0.6 is 0 Å². The number of nitrogens with one attached hydrogen (secondary N) is 1. The van der Waals surface area contributed by atoms with Crippen molar-refractivity contribution in [1.82, 2.24) is 4.72 Å². The van der Waals surface area contributed by atoms with E-state index in [2.05, 4.69) is 4.72 Å². The Morgan fingerprint density at radius 2 is 1.67 bits per heavy atom. The fraction of sp³-hybridized carbons (Fsp3) is 0.368. The molecular formula is C19H23NO3S. The Morgan fingerprint density at radius 1 is 1.04 bits per heavy atom. The van der Waals surface area contributed by atoms with Gasteiger partial charge in [-0.3, -0.25) is 0 Å². The van der Waals surface area contributed by atoms with Gasteiger partial charge in [-0.1, -0.05) is 30.3 Å². The van der Waals surface area contributed by atoms with E-state index in [-0.39, 0.29) is 10.9 Å². The standard InChI is InChI=1S/C19H23NO3S/c1-14(15-8-4-3-5-9-15)20-24(21,22)19-13-17-11-7-6-10-16(17)12-18(19)23-2/h3-5,8-9,12-14,20H,6-7,10-11H2,1-2H3/t14-/m0/s1. The third-order valence-corrected chi connectivity index (χ3v) is 6.11. The number of ether oxygens (including phenoxy) is 1. The van der Waals surface area contributed by atoms with Crippen LogP contribution in [-0.4, -0.2) is 15.5 Å². The van der Waals surface area contributed by atoms with Crippen LogP contribution in [0.15, 0.2) is 47.4 Å². The zero-order valence-corrected chi connectivity index (χ0v) is 14.9. The van der Waals surface area contributed by atoms with E-state index in [9.17, 15) is 8.42 Å². The highest BCUT2D eigenvalue weighted by molar-refractivity contribution is 7.89. The Hall–Kier alpha value is -1.85. The Morgan fingerprint density at radius 3 is 2.29 bits per heavy atom. The summed E-state index contributed by atoms with van der Waals surface area (Å²) in [4.78, 5) is 0.230. The number of methoxy groups -OCH3 is 1. The monoisotopic (exact) mass is 345 g/mol. The molecule has 24 heavy (non-hydrogen) atoms. The molecule has 0 spiro atoms. The summed E-state index contributed by atoms with van der Waals surface area (Å²) in [7, 11) is -2.14. The fourth-order valence-electron chi connectivity index (χ4n) is 3.22. The summed E-state index contributed by atoms with van der Waals surface area (Å²) >= 11 is 0. The molecule has 3 rings (SSSR count). The molecule has 0 aliphatic heterocycles. The van der Waals surface area contributed by atoms with Crippen LogP contribution in [0.4, 0.5) is 0 Å². The first-order valence-electron chi connectivity index (χ1n) is 8.28. The molecule has 2 aromatic rings. The highest BCUT2D eigenvalue weighted by Gasteiger charge is 2.25. The van der Waals surface area contributed by atoms with Crippen LogP contribution in [0.5, 0.6) is 5.75 Å². The quantitative estimate of drug-likeness (QED) is 0.900. The highest BCUT2D eigenvalue weighted by Crippen LogP contribution is 2.32. The Kier molecular flexibility index (Phi) is 4.92. The number of fused-ring (bicyclic) bond motifs is 1. The molecule has 1 atom stereocenters. The van der Waals surface area contributed by atoms with Crippen LogP contribution in [-0.2, 0) is 22.9 Å². The topological polar surface area (TPSA) is 55.4 Å². The van der Waals surface area contributed by atoms with E-state index in [4.69, 9.17) is 4.74 Å². The molecule has 0 aromatic heterocycles. The van der Waals surface area contributed by atoms with Crippen molar-refractivity contribution in [3.05, 3.63) is 59.2 Å². The highest BCUT2D eigenvalue weighted by atomic mass is 32.2. The van der Waals surface area contributed by atoms with Crippen LogP contribution in [0.25, 0.3) is 0 Å². The van der Waals surface area contributed by atoms with E-state index >= 15 is 0 Å². The molecule has 1 N–H and O–H groups in total. The molecule has 0 radical (unpaired) electrons. The minimum absolute atomic E-state index is 0.230. The smallest absolute Gasteiger partial charge is 0.244 e. The van der Waals surface area contributed by atoms with Gasteiger partial charge in [0.05, 0.1) is 7.11 Å². The molecule has 2 aromatic carbocycles. The Balaban J connectivity index is 1.94. The second-order valence-corrected chi connectivity index (χ2v) is 7.91. The molecule has 0 unspecified atom stereocenters. The number of hydrogen-bond donors (Lipinski definition) is 1. The van der Waals surface area contributed by atoms with Gasteiger partial charge in [-0.25, -0.2) is 13.1 Å². The molecule has 0 amide bonds. The molecular weight excluding hydrogens is 322 g/mol. The molecule has 0 bridgehead atoms. The molecule has 4 nitrogen and oxygen atoms in total. The second kappa shape index (κ2) is 6.95. The molecule has 0 saturated heterocycles. The SMILES string of the molecule is COc1cc2c(cc1S(=O)(=O)N[C@@H](C)c1ccccc1)CCCC2. The third kappa shape index (κ3) is 3.47. The van der Waals surface area contributed by atoms with Crippen LogP contribution in [0.1, 0.15) is 42.5 Å². The first kappa shape index (κ1) is 17.0. The Bertz CT molecular complexity index is 816. The number of benzene rings is 2. The lowest BCUT2D eigenvalue weighted by atomic mass is 9.92. The largest absolute Gasteiger partial charge is 0.495 e. The lowest BCUT2D eigenvalue weighted by molar-refractivity contribution is 0.400. The van der Waals surface area contributed by atoms with Crippen molar-refractivity contribution in [3.63, 3.8) is 0 Å². The zero-order chi connectivity index (χ0) is 17.2. The predicted molar refractivity (Wildman–Crippen MR) is 94.8 cm³/mol. The van der Waals surface area contributed by atoms with E-state index in [0.29, 0.717) is 5.75 Å². The van der Waals surface area contributed by atoms with Gasteiger partial charge >= 0.3 is 0 Å². The van der Waals surface area contributed by atoms with Gasteiger partial charge in [-0.05, 0) is 61.4 Å². The van der Waals surface area contributed by atoms with Crippen molar-refractivity contribution in [2.75, 3.05) is 7.11 Å². The third-order valence-electron chi connectivity index (χ3n) is 4.55. The number of aryl methyl sites for hydroxylation is 2. The maximum absolute atomic E-state index is 12.9. The van der Waals surface area contributed by atoms with E-state index < -0.39 is 10.0 Å². The summed E-state index contributed by atoms with van der Waals surface area (Å²) in [5.74, 6) is 0.420. The van der Waals surface area contributed by atoms with Gasteiger partial charge in [0.15, 0.2) is 0 Å². The van der Waals surface area contributed by atoms with E-state index in [0.717, 1.165) is 36.8 Å². The summed E-state index contributed by atoms with van der Waals surface area (Å²) < 4.78 is 33.9. The summed E-state index contributed by atoms with van der Waals surface area (Å²) in [6, 6.07) is 12.9. The first-order chi connectivity index (χ1) is 11.5. The van der Waals surface area contributed by atoms with E-state index in [1.165, 1.54) is 12.7 Å². The molecule has 1 aliphatic carbocycles. The molecule has 0 saturated carbocycles. The van der Waals surface area contributed by atoms with Crippen LogP contribution in [0.3, 0.4) is 0 Å². The maximum atomic E-state index is 12.9. The summed E-state index contributed by atoms with van der Waals surface area (Å²) in [5, 5.41) is 0. The summed E-state index contributed by atoms with van der Waals surface area (Å²) in [5.41, 5.74) is 3.25. The first-order valence-corrected chi connectivity index (χ1v) is 9.76. The van der Waals surface area contributed by atoms with Crippen LogP contribution in [0.2, 0.25) is 0 Å². The van der Waals surface area contributed by atoms with Gasteiger partial charge in [-0.2, -0.15) is 0 Å². The molecule has 0 fully saturated rings. The minimum atomic E-state index is -3.66. The van der Waals surface area contributed by atoms with Gasteiger partial charge < -0.3 is 4.74 Å². The van der Waals surface area contributed by atoms with Gasteiger partial charge in [0.1, 0.15) is 10.6 Å². The van der Waals surface area contributed by atoms with Crippen LogP contribution in [0, 0.1) is 0 Å². The average molecular weight is 345 g/mol. The van der Waals surface area contributed by atoms with Crippen molar-refractivity contribution >= 4 is 10.0 Å². The second-order valence-electron chi connectivity index (χ2n) is 6.23. The normalized spacial score (nSPS) is 15.6. The molecule has 0 heterocycles. The van der Waals surface area contributed by atoms with Gasteiger partial charge in [0.2, 0.25) is 10.0 Å². The fourth-order valence-corrected chi connectivity index (χ4v) is 4.65. The lowest BCUT2D eigenvalue weighted by Crippen LogP contribution is -2.27. The van der Waals surface area contributed by atoms with Crippen molar-refractivity contribution < 1.29 is 13.2 Å². The predicted octanol–water partition coefficient (Wildman–Crippen LogP) is 3.61. The van der Waals surface area contributed by atoms with Gasteiger partial charge in [-0.15, -0.1) is 0 Å². The summed E-state index contributed by atoms with van der Waals surface area (Å²) in [6.45, 7) is 1.85.